The number of allylic oxidation sites excluding steroid dienone is 1. The fourth-order valence-corrected chi connectivity index (χ4v) is 12.7. The number of hydrogen-bond donors (Lipinski definition) is 0. The summed E-state index contributed by atoms with van der Waals surface area (Å²) in [5.41, 5.74) is 0.789. The Labute approximate surface area is 249 Å². The Kier molecular flexibility index (Phi) is 8.67. The highest BCUT2D eigenvalue weighted by Crippen LogP contribution is 2.68. The van der Waals surface area contributed by atoms with Crippen molar-refractivity contribution < 1.29 is 13.6 Å². The predicted octanol–water partition coefficient (Wildman–Crippen LogP) is 8.57. The van der Waals surface area contributed by atoms with Gasteiger partial charge >= 0.3 is 0 Å². The van der Waals surface area contributed by atoms with Gasteiger partial charge in [-0.05, 0) is 131 Å². The second-order valence-electron chi connectivity index (χ2n) is 17.4. The van der Waals surface area contributed by atoms with Crippen molar-refractivity contribution >= 4 is 16.6 Å². The molecule has 10 atom stereocenters. The van der Waals surface area contributed by atoms with Crippen LogP contribution >= 0.6 is 0 Å². The van der Waals surface area contributed by atoms with E-state index in [1.54, 1.807) is 0 Å². The molecule has 6 heteroatoms. The lowest BCUT2D eigenvalue weighted by Gasteiger charge is -2.63. The van der Waals surface area contributed by atoms with Crippen molar-refractivity contribution in [2.75, 3.05) is 19.7 Å². The van der Waals surface area contributed by atoms with E-state index in [1.165, 1.54) is 51.4 Å². The number of nitrogens with zero attached hydrogens (tertiary/aromatic N) is 1. The molecule has 4 nitrogen and oxygen atoms in total. The van der Waals surface area contributed by atoms with Crippen molar-refractivity contribution in [1.82, 2.24) is 4.90 Å². The van der Waals surface area contributed by atoms with Gasteiger partial charge in [-0.3, -0.25) is 4.90 Å². The van der Waals surface area contributed by atoms with Crippen molar-refractivity contribution in [2.45, 2.75) is 137 Å². The summed E-state index contributed by atoms with van der Waals surface area (Å²) in [5.74, 6) is 5.60. The van der Waals surface area contributed by atoms with Crippen LogP contribution in [-0.2, 0) is 13.6 Å². The molecule has 5 rings (SSSR count). The molecule has 4 aliphatic carbocycles. The van der Waals surface area contributed by atoms with Crippen molar-refractivity contribution in [3.63, 3.8) is 0 Å². The van der Waals surface area contributed by atoms with E-state index in [4.69, 9.17) is 13.6 Å². The van der Waals surface area contributed by atoms with E-state index < -0.39 is 16.6 Å². The van der Waals surface area contributed by atoms with Crippen LogP contribution in [0.3, 0.4) is 0 Å². The molecule has 0 radical (unpaired) electrons. The van der Waals surface area contributed by atoms with Crippen LogP contribution in [0.2, 0.25) is 39.3 Å². The predicted molar refractivity (Wildman–Crippen MR) is 172 cm³/mol. The highest BCUT2D eigenvalue weighted by atomic mass is 28.4. The van der Waals surface area contributed by atoms with Crippen LogP contribution in [0, 0.1) is 46.3 Å². The van der Waals surface area contributed by atoms with Gasteiger partial charge in [-0.25, -0.2) is 0 Å². The summed E-state index contributed by atoms with van der Waals surface area (Å²) in [6, 6.07) is 0.534. The molecule has 0 amide bonds. The Morgan fingerprint density at radius 2 is 1.62 bits per heavy atom. The summed E-state index contributed by atoms with van der Waals surface area (Å²) in [7, 11) is -3.27. The molecule has 0 spiro atoms. The Bertz CT molecular complexity index is 927. The van der Waals surface area contributed by atoms with E-state index in [1.807, 2.05) is 0 Å². The standard InChI is InChI=1S/C34H63NO3Si2/c1-23(2)32-22-35(18-19-36-32)30-21-34(5)25(20-31(30)38-40(9,10)11)12-13-26-28-15-14-27(24(3)37-39(6,7)8)33(28,4)17-16-29(26)34/h23,25-32H,3,12-22H2,1-2,4-11H3/t25-,26-,27+,28-,29-,30+,31-,32-,33+,34-/m0/s1. The quantitative estimate of drug-likeness (QED) is 0.220. The third-order valence-corrected chi connectivity index (χ3v) is 14.2. The molecule has 0 aromatic rings. The summed E-state index contributed by atoms with van der Waals surface area (Å²) >= 11 is 0. The first kappa shape index (κ1) is 31.3. The molecule has 1 heterocycles. The van der Waals surface area contributed by atoms with Crippen LogP contribution in [0.5, 0.6) is 0 Å². The molecule has 5 aliphatic rings. The van der Waals surface area contributed by atoms with Gasteiger partial charge in [0, 0.05) is 25.0 Å². The lowest BCUT2D eigenvalue weighted by Crippen LogP contribution is -2.63. The molecular formula is C34H63NO3Si2. The Hall–Kier alpha value is -0.146. The van der Waals surface area contributed by atoms with Gasteiger partial charge in [-0.1, -0.05) is 34.3 Å². The molecule has 5 fully saturated rings. The molecule has 0 aromatic heterocycles. The fraction of sp³-hybridized carbons (Fsp3) is 0.941. The molecular weight excluding hydrogens is 527 g/mol. The molecule has 1 aliphatic heterocycles. The van der Waals surface area contributed by atoms with Crippen LogP contribution in [0.25, 0.3) is 0 Å². The molecule has 4 saturated carbocycles. The van der Waals surface area contributed by atoms with Crippen molar-refractivity contribution in [2.24, 2.45) is 46.3 Å². The highest BCUT2D eigenvalue weighted by molar-refractivity contribution is 6.70. The highest BCUT2D eigenvalue weighted by Gasteiger charge is 2.62. The van der Waals surface area contributed by atoms with Crippen molar-refractivity contribution in [3.8, 4) is 0 Å². The van der Waals surface area contributed by atoms with Gasteiger partial charge in [0.2, 0.25) is 8.32 Å². The SMILES string of the molecule is C=C(O[Si](C)(C)C)[C@H]1CC[C@H]2[C@@H]3CC[C@H]4C[C@H](O[Si](C)(C)C)[C@H](N5CCO[C@H](C(C)C)C5)C[C@]4(C)[C@H]3CC[C@]12C. The van der Waals surface area contributed by atoms with Gasteiger partial charge < -0.3 is 13.6 Å². The van der Waals surface area contributed by atoms with Gasteiger partial charge in [0.1, 0.15) is 0 Å². The Morgan fingerprint density at radius 3 is 2.27 bits per heavy atom. The topological polar surface area (TPSA) is 30.9 Å². The molecule has 230 valence electrons. The van der Waals surface area contributed by atoms with E-state index in [-0.39, 0.29) is 0 Å². The summed E-state index contributed by atoms with van der Waals surface area (Å²) in [6.07, 6.45) is 11.6. The normalized spacial score (nSPS) is 44.6. The average Bonchev–Trinajstić information content (AvgIpc) is 3.19. The Balaban J connectivity index is 1.38. The number of fused-ring (bicyclic) bond motifs is 5. The van der Waals surface area contributed by atoms with Crippen LogP contribution in [-0.4, -0.2) is 59.5 Å². The van der Waals surface area contributed by atoms with E-state index in [0.29, 0.717) is 40.9 Å². The third-order valence-electron chi connectivity index (χ3n) is 12.3. The van der Waals surface area contributed by atoms with Crippen LogP contribution < -0.4 is 0 Å². The molecule has 1 saturated heterocycles. The smallest absolute Gasteiger partial charge is 0.241 e. The maximum atomic E-state index is 7.07. The van der Waals surface area contributed by atoms with Gasteiger partial charge in [0.25, 0.3) is 0 Å². The number of hydrogen-bond acceptors (Lipinski definition) is 4. The third kappa shape index (κ3) is 5.96. The first-order chi connectivity index (χ1) is 18.5. The minimum absolute atomic E-state index is 0.350. The minimum Gasteiger partial charge on any atom is -0.548 e. The van der Waals surface area contributed by atoms with E-state index in [0.717, 1.165) is 49.1 Å². The second kappa shape index (κ2) is 11.1. The van der Waals surface area contributed by atoms with Crippen LogP contribution in [0.1, 0.15) is 79.1 Å². The second-order valence-corrected chi connectivity index (χ2v) is 26.3. The monoisotopic (exact) mass is 589 g/mol. The first-order valence-electron chi connectivity index (χ1n) is 16.9. The number of rotatable bonds is 7. The average molecular weight is 590 g/mol. The maximum Gasteiger partial charge on any atom is 0.241 e. The summed E-state index contributed by atoms with van der Waals surface area (Å²) < 4.78 is 19.9. The molecule has 0 aromatic carbocycles. The zero-order valence-corrected chi connectivity index (χ0v) is 29.9. The van der Waals surface area contributed by atoms with Crippen LogP contribution in [0.4, 0.5) is 0 Å². The van der Waals surface area contributed by atoms with E-state index >= 15 is 0 Å². The zero-order valence-electron chi connectivity index (χ0n) is 27.9. The minimum atomic E-state index is -1.64. The summed E-state index contributed by atoms with van der Waals surface area (Å²) in [5, 5.41) is 0. The number of morpholine rings is 1. The van der Waals surface area contributed by atoms with Crippen molar-refractivity contribution in [1.29, 1.82) is 0 Å². The van der Waals surface area contributed by atoms with Gasteiger partial charge in [0.05, 0.1) is 24.6 Å². The van der Waals surface area contributed by atoms with Gasteiger partial charge in [-0.15, -0.1) is 0 Å². The molecule has 0 N–H and O–H groups in total. The summed E-state index contributed by atoms with van der Waals surface area (Å²) in [4.78, 5) is 2.82. The lowest BCUT2D eigenvalue weighted by atomic mass is 9.44. The van der Waals surface area contributed by atoms with Crippen molar-refractivity contribution in [3.05, 3.63) is 12.3 Å². The van der Waals surface area contributed by atoms with E-state index in [9.17, 15) is 0 Å². The fourth-order valence-electron chi connectivity index (χ4n) is 10.6. The largest absolute Gasteiger partial charge is 0.548 e. The van der Waals surface area contributed by atoms with Gasteiger partial charge in [0.15, 0.2) is 8.32 Å². The summed E-state index contributed by atoms with van der Waals surface area (Å²) in [6.45, 7) is 31.7. The molecule has 40 heavy (non-hydrogen) atoms. The zero-order chi connectivity index (χ0) is 29.3. The first-order valence-corrected chi connectivity index (χ1v) is 23.7. The molecule has 0 bridgehead atoms. The molecule has 0 unspecified atom stereocenters. The van der Waals surface area contributed by atoms with E-state index in [2.05, 4.69) is 78.5 Å². The van der Waals surface area contributed by atoms with Crippen LogP contribution in [0.15, 0.2) is 12.3 Å². The number of ether oxygens (including phenoxy) is 1. The lowest BCUT2D eigenvalue weighted by molar-refractivity contribution is -0.158. The Morgan fingerprint density at radius 1 is 0.925 bits per heavy atom. The maximum absolute atomic E-state index is 7.07. The van der Waals surface area contributed by atoms with Gasteiger partial charge in [-0.2, -0.15) is 0 Å².